The van der Waals surface area contributed by atoms with E-state index in [0.29, 0.717) is 6.42 Å². The van der Waals surface area contributed by atoms with Crippen LogP contribution in [0.15, 0.2) is 12.2 Å². The Kier molecular flexibility index (Phi) is 5.37. The van der Waals surface area contributed by atoms with Crippen molar-refractivity contribution in [2.24, 2.45) is 0 Å². The van der Waals surface area contributed by atoms with Crippen LogP contribution >= 0.6 is 0 Å². The molecule has 0 heterocycles. The van der Waals surface area contributed by atoms with Gasteiger partial charge in [0.15, 0.2) is 0 Å². The molecule has 0 rings (SSSR count). The summed E-state index contributed by atoms with van der Waals surface area (Å²) in [6, 6.07) is 0. The molecule has 0 amide bonds. The maximum absolute atomic E-state index is 10.3. The van der Waals surface area contributed by atoms with Gasteiger partial charge in [-0.2, -0.15) is 0 Å². The molecule has 0 saturated carbocycles. The number of hydrogen-bond donors (Lipinski definition) is 2. The highest BCUT2D eigenvalue weighted by Crippen LogP contribution is 2.09. The number of carboxylic acid groups (broad SMARTS) is 1. The zero-order chi connectivity index (χ0) is 9.56. The van der Waals surface area contributed by atoms with E-state index in [1.165, 1.54) is 0 Å². The molecule has 0 bridgehead atoms. The van der Waals surface area contributed by atoms with Crippen molar-refractivity contribution in [3.05, 3.63) is 12.2 Å². The maximum atomic E-state index is 10.3. The standard InChI is InChI=1S/C9H16O3/c1-3-4-5-8(10)6-7(2)9(11)12/h8,10H,2-6H2,1H3,(H,11,12). The highest BCUT2D eigenvalue weighted by atomic mass is 16.4. The minimum Gasteiger partial charge on any atom is -0.478 e. The number of hydrogen-bond acceptors (Lipinski definition) is 2. The molecular weight excluding hydrogens is 156 g/mol. The van der Waals surface area contributed by atoms with Gasteiger partial charge in [-0.05, 0) is 6.42 Å². The molecule has 1 atom stereocenters. The molecule has 3 heteroatoms. The van der Waals surface area contributed by atoms with E-state index < -0.39 is 12.1 Å². The van der Waals surface area contributed by atoms with Gasteiger partial charge in [0.1, 0.15) is 0 Å². The number of aliphatic hydroxyl groups excluding tert-OH is 1. The molecule has 0 aromatic carbocycles. The lowest BCUT2D eigenvalue weighted by molar-refractivity contribution is -0.133. The van der Waals surface area contributed by atoms with Gasteiger partial charge in [0.05, 0.1) is 6.10 Å². The average Bonchev–Trinajstić information content (AvgIpc) is 2.00. The summed E-state index contributed by atoms with van der Waals surface area (Å²) in [6.07, 6.45) is 2.22. The van der Waals surface area contributed by atoms with E-state index in [1.54, 1.807) is 0 Å². The molecule has 1 unspecified atom stereocenters. The second-order valence-electron chi connectivity index (χ2n) is 2.91. The van der Waals surface area contributed by atoms with Crippen LogP contribution in [0.3, 0.4) is 0 Å². The lowest BCUT2D eigenvalue weighted by atomic mass is 10.1. The van der Waals surface area contributed by atoms with Gasteiger partial charge in [0, 0.05) is 12.0 Å². The van der Waals surface area contributed by atoms with Crippen molar-refractivity contribution in [3.8, 4) is 0 Å². The smallest absolute Gasteiger partial charge is 0.331 e. The monoisotopic (exact) mass is 172 g/mol. The summed E-state index contributed by atoms with van der Waals surface area (Å²) < 4.78 is 0. The first kappa shape index (κ1) is 11.2. The van der Waals surface area contributed by atoms with Gasteiger partial charge in [-0.25, -0.2) is 4.79 Å². The highest BCUT2D eigenvalue weighted by molar-refractivity contribution is 5.85. The van der Waals surface area contributed by atoms with Crippen LogP contribution in [0.4, 0.5) is 0 Å². The minimum atomic E-state index is -1.02. The third kappa shape index (κ3) is 4.91. The van der Waals surface area contributed by atoms with E-state index in [0.717, 1.165) is 12.8 Å². The van der Waals surface area contributed by atoms with Crippen molar-refractivity contribution in [1.29, 1.82) is 0 Å². The fraction of sp³-hybridized carbons (Fsp3) is 0.667. The second-order valence-corrected chi connectivity index (χ2v) is 2.91. The molecule has 0 spiro atoms. The Morgan fingerprint density at radius 3 is 2.58 bits per heavy atom. The normalized spacial score (nSPS) is 12.5. The van der Waals surface area contributed by atoms with Crippen LogP contribution in [0.2, 0.25) is 0 Å². The Morgan fingerprint density at radius 1 is 1.58 bits per heavy atom. The van der Waals surface area contributed by atoms with Gasteiger partial charge in [-0.1, -0.05) is 26.3 Å². The molecule has 0 aliphatic carbocycles. The van der Waals surface area contributed by atoms with Crippen LogP contribution in [0, 0.1) is 0 Å². The molecule has 0 aromatic rings. The van der Waals surface area contributed by atoms with Gasteiger partial charge in [0.2, 0.25) is 0 Å². The fourth-order valence-corrected chi connectivity index (χ4v) is 0.914. The van der Waals surface area contributed by atoms with Crippen molar-refractivity contribution in [2.45, 2.75) is 38.7 Å². The van der Waals surface area contributed by atoms with Crippen LogP contribution in [0.5, 0.6) is 0 Å². The molecule has 3 nitrogen and oxygen atoms in total. The summed E-state index contributed by atoms with van der Waals surface area (Å²) in [5, 5.41) is 17.7. The molecular formula is C9H16O3. The van der Waals surface area contributed by atoms with Crippen LogP contribution in [-0.2, 0) is 4.79 Å². The first-order valence-electron chi connectivity index (χ1n) is 4.17. The SMILES string of the molecule is C=C(CC(O)CCCC)C(=O)O. The number of unbranched alkanes of at least 4 members (excludes halogenated alkanes) is 1. The summed E-state index contributed by atoms with van der Waals surface area (Å²) in [7, 11) is 0. The predicted molar refractivity (Wildman–Crippen MR) is 46.9 cm³/mol. The van der Waals surface area contributed by atoms with Crippen molar-refractivity contribution in [2.75, 3.05) is 0 Å². The lowest BCUT2D eigenvalue weighted by Gasteiger charge is -2.08. The third-order valence-corrected chi connectivity index (χ3v) is 1.68. The minimum absolute atomic E-state index is 0.0820. The third-order valence-electron chi connectivity index (χ3n) is 1.68. The Balaban J connectivity index is 3.61. The molecule has 12 heavy (non-hydrogen) atoms. The molecule has 0 aliphatic rings. The zero-order valence-electron chi connectivity index (χ0n) is 7.42. The van der Waals surface area contributed by atoms with Crippen LogP contribution in [0.1, 0.15) is 32.6 Å². The second kappa shape index (κ2) is 5.77. The van der Waals surface area contributed by atoms with Crippen LogP contribution < -0.4 is 0 Å². The molecule has 70 valence electrons. The van der Waals surface area contributed by atoms with E-state index in [1.807, 2.05) is 6.92 Å². The molecule has 2 N–H and O–H groups in total. The Bertz CT molecular complexity index is 163. The average molecular weight is 172 g/mol. The van der Waals surface area contributed by atoms with Gasteiger partial charge in [-0.15, -0.1) is 0 Å². The largest absolute Gasteiger partial charge is 0.478 e. The van der Waals surface area contributed by atoms with E-state index in [9.17, 15) is 9.90 Å². The summed E-state index contributed by atoms with van der Waals surface area (Å²) in [5.74, 6) is -1.02. The summed E-state index contributed by atoms with van der Waals surface area (Å²) in [6.45, 7) is 5.37. The predicted octanol–water partition coefficient (Wildman–Crippen LogP) is 1.57. The Hall–Kier alpha value is -0.830. The van der Waals surface area contributed by atoms with Crippen molar-refractivity contribution >= 4 is 5.97 Å². The Morgan fingerprint density at radius 2 is 2.17 bits per heavy atom. The first-order chi connectivity index (χ1) is 5.57. The molecule has 0 radical (unpaired) electrons. The summed E-state index contributed by atoms with van der Waals surface area (Å²) in [4.78, 5) is 10.3. The number of rotatable bonds is 6. The fourth-order valence-electron chi connectivity index (χ4n) is 0.914. The van der Waals surface area contributed by atoms with E-state index in [4.69, 9.17) is 5.11 Å². The van der Waals surface area contributed by atoms with Gasteiger partial charge in [0.25, 0.3) is 0 Å². The van der Waals surface area contributed by atoms with Crippen molar-refractivity contribution < 1.29 is 15.0 Å². The van der Waals surface area contributed by atoms with Gasteiger partial charge >= 0.3 is 5.97 Å². The molecule has 0 aliphatic heterocycles. The van der Waals surface area contributed by atoms with E-state index >= 15 is 0 Å². The number of aliphatic carboxylic acids is 1. The maximum Gasteiger partial charge on any atom is 0.331 e. The molecule has 0 aromatic heterocycles. The number of aliphatic hydroxyl groups is 1. The molecule has 0 fully saturated rings. The van der Waals surface area contributed by atoms with Gasteiger partial charge in [-0.3, -0.25) is 0 Å². The highest BCUT2D eigenvalue weighted by Gasteiger charge is 2.10. The van der Waals surface area contributed by atoms with Gasteiger partial charge < -0.3 is 10.2 Å². The topological polar surface area (TPSA) is 57.5 Å². The zero-order valence-corrected chi connectivity index (χ0v) is 7.42. The first-order valence-corrected chi connectivity index (χ1v) is 4.17. The molecule has 0 saturated heterocycles. The van der Waals surface area contributed by atoms with E-state index in [2.05, 4.69) is 6.58 Å². The Labute approximate surface area is 72.7 Å². The van der Waals surface area contributed by atoms with Crippen LogP contribution in [0.25, 0.3) is 0 Å². The summed E-state index contributed by atoms with van der Waals surface area (Å²) >= 11 is 0. The lowest BCUT2D eigenvalue weighted by Crippen LogP contribution is -2.11. The van der Waals surface area contributed by atoms with Crippen molar-refractivity contribution in [1.82, 2.24) is 0 Å². The summed E-state index contributed by atoms with van der Waals surface area (Å²) in [5.41, 5.74) is 0.0820. The number of carboxylic acids is 1. The van der Waals surface area contributed by atoms with Crippen LogP contribution in [-0.4, -0.2) is 22.3 Å². The van der Waals surface area contributed by atoms with Crippen molar-refractivity contribution in [3.63, 3.8) is 0 Å². The van der Waals surface area contributed by atoms with E-state index in [-0.39, 0.29) is 12.0 Å². The number of carbonyl (C=O) groups is 1. The quantitative estimate of drug-likeness (QED) is 0.598.